The molecule has 0 heterocycles. The summed E-state index contributed by atoms with van der Waals surface area (Å²) >= 11 is 0. The van der Waals surface area contributed by atoms with E-state index in [4.69, 9.17) is 5.73 Å². The SMILES string of the molecule is Cc1cc(N)ccc1C(=O)Cc1ccccc1F. The molecular weight excluding hydrogens is 229 g/mol. The topological polar surface area (TPSA) is 43.1 Å². The number of ketones is 1. The summed E-state index contributed by atoms with van der Waals surface area (Å²) in [6, 6.07) is 11.4. The number of hydrogen-bond donors (Lipinski definition) is 1. The summed E-state index contributed by atoms with van der Waals surface area (Å²) in [5.74, 6) is -0.448. The predicted octanol–water partition coefficient (Wildman–Crippen LogP) is 3.14. The minimum absolute atomic E-state index is 0.0669. The van der Waals surface area contributed by atoms with E-state index in [0.717, 1.165) is 5.56 Å². The van der Waals surface area contributed by atoms with E-state index < -0.39 is 0 Å². The zero-order chi connectivity index (χ0) is 13.1. The molecule has 0 saturated carbocycles. The van der Waals surface area contributed by atoms with E-state index in [2.05, 4.69) is 0 Å². The fourth-order valence-electron chi connectivity index (χ4n) is 1.91. The van der Waals surface area contributed by atoms with Gasteiger partial charge >= 0.3 is 0 Å². The van der Waals surface area contributed by atoms with Crippen LogP contribution in [0.3, 0.4) is 0 Å². The first-order valence-electron chi connectivity index (χ1n) is 5.70. The molecular formula is C15H14FNO. The minimum atomic E-state index is -0.348. The third-order valence-electron chi connectivity index (χ3n) is 2.86. The number of anilines is 1. The van der Waals surface area contributed by atoms with Crippen LogP contribution in [0, 0.1) is 12.7 Å². The van der Waals surface area contributed by atoms with Gasteiger partial charge in [0.25, 0.3) is 0 Å². The number of nitrogen functional groups attached to an aromatic ring is 1. The molecule has 0 atom stereocenters. The summed E-state index contributed by atoms with van der Waals surface area (Å²) in [5.41, 5.74) is 8.08. The van der Waals surface area contributed by atoms with Gasteiger partial charge in [0, 0.05) is 17.7 Å². The Morgan fingerprint density at radius 2 is 1.94 bits per heavy atom. The zero-order valence-electron chi connectivity index (χ0n) is 10.1. The first kappa shape index (κ1) is 12.3. The van der Waals surface area contributed by atoms with Crippen molar-refractivity contribution in [2.75, 3.05) is 5.73 Å². The van der Waals surface area contributed by atoms with Gasteiger partial charge in [-0.25, -0.2) is 4.39 Å². The Morgan fingerprint density at radius 3 is 2.61 bits per heavy atom. The maximum absolute atomic E-state index is 13.5. The van der Waals surface area contributed by atoms with E-state index in [-0.39, 0.29) is 18.0 Å². The summed E-state index contributed by atoms with van der Waals surface area (Å²) in [4.78, 5) is 12.1. The molecule has 0 radical (unpaired) electrons. The lowest BCUT2D eigenvalue weighted by Gasteiger charge is -2.06. The first-order chi connectivity index (χ1) is 8.58. The average molecular weight is 243 g/mol. The standard InChI is InChI=1S/C15H14FNO/c1-10-8-12(17)6-7-13(10)15(18)9-11-4-2-3-5-14(11)16/h2-8H,9,17H2,1H3. The number of rotatable bonds is 3. The molecule has 0 fully saturated rings. The number of carbonyl (C=O) groups excluding carboxylic acids is 1. The molecule has 2 aromatic carbocycles. The Morgan fingerprint density at radius 1 is 1.22 bits per heavy atom. The predicted molar refractivity (Wildman–Crippen MR) is 70.0 cm³/mol. The third-order valence-corrected chi connectivity index (χ3v) is 2.86. The van der Waals surface area contributed by atoms with Crippen molar-refractivity contribution in [1.29, 1.82) is 0 Å². The highest BCUT2D eigenvalue weighted by molar-refractivity contribution is 5.99. The van der Waals surface area contributed by atoms with Crippen molar-refractivity contribution in [2.24, 2.45) is 0 Å². The van der Waals surface area contributed by atoms with Crippen molar-refractivity contribution in [1.82, 2.24) is 0 Å². The zero-order valence-corrected chi connectivity index (χ0v) is 10.1. The van der Waals surface area contributed by atoms with Crippen LogP contribution in [-0.2, 0) is 6.42 Å². The molecule has 0 aromatic heterocycles. The number of Topliss-reactive ketones (excluding diaryl/α,β-unsaturated/α-hetero) is 1. The Labute approximate surface area is 105 Å². The fourth-order valence-corrected chi connectivity index (χ4v) is 1.91. The molecule has 0 aliphatic carbocycles. The lowest BCUT2D eigenvalue weighted by molar-refractivity contribution is 0.0991. The quantitative estimate of drug-likeness (QED) is 0.664. The molecule has 2 N–H and O–H groups in total. The second kappa shape index (κ2) is 5.00. The van der Waals surface area contributed by atoms with Gasteiger partial charge < -0.3 is 5.73 Å². The van der Waals surface area contributed by atoms with Crippen molar-refractivity contribution in [3.63, 3.8) is 0 Å². The molecule has 0 bridgehead atoms. The van der Waals surface area contributed by atoms with Gasteiger partial charge in [0.05, 0.1) is 0 Å². The van der Waals surface area contributed by atoms with Gasteiger partial charge in [-0.15, -0.1) is 0 Å². The Kier molecular flexibility index (Phi) is 3.42. The van der Waals surface area contributed by atoms with Crippen molar-refractivity contribution < 1.29 is 9.18 Å². The minimum Gasteiger partial charge on any atom is -0.399 e. The number of aryl methyl sites for hydroxylation is 1. The van der Waals surface area contributed by atoms with Crippen LogP contribution in [-0.4, -0.2) is 5.78 Å². The van der Waals surface area contributed by atoms with Crippen LogP contribution >= 0.6 is 0 Å². The highest BCUT2D eigenvalue weighted by Gasteiger charge is 2.12. The molecule has 0 aliphatic heterocycles. The molecule has 18 heavy (non-hydrogen) atoms. The van der Waals surface area contributed by atoms with Crippen LogP contribution in [0.2, 0.25) is 0 Å². The van der Waals surface area contributed by atoms with Crippen LogP contribution in [0.4, 0.5) is 10.1 Å². The van der Waals surface area contributed by atoms with E-state index >= 15 is 0 Å². The summed E-state index contributed by atoms with van der Waals surface area (Å²) < 4.78 is 13.5. The molecule has 2 rings (SSSR count). The summed E-state index contributed by atoms with van der Waals surface area (Å²) in [7, 11) is 0. The Hall–Kier alpha value is -2.16. The number of hydrogen-bond acceptors (Lipinski definition) is 2. The maximum Gasteiger partial charge on any atom is 0.167 e. The molecule has 0 aliphatic rings. The highest BCUT2D eigenvalue weighted by atomic mass is 19.1. The molecule has 2 nitrogen and oxygen atoms in total. The van der Waals surface area contributed by atoms with Crippen molar-refractivity contribution in [2.45, 2.75) is 13.3 Å². The molecule has 2 aromatic rings. The van der Waals surface area contributed by atoms with Crippen molar-refractivity contribution >= 4 is 11.5 Å². The number of nitrogens with two attached hydrogens (primary N) is 1. The normalized spacial score (nSPS) is 10.3. The largest absolute Gasteiger partial charge is 0.399 e. The summed E-state index contributed by atoms with van der Waals surface area (Å²) in [5, 5.41) is 0. The fraction of sp³-hybridized carbons (Fsp3) is 0.133. The van der Waals surface area contributed by atoms with E-state index in [1.54, 1.807) is 36.4 Å². The lowest BCUT2D eigenvalue weighted by atomic mass is 9.98. The number of carbonyl (C=O) groups is 1. The lowest BCUT2D eigenvalue weighted by Crippen LogP contribution is -2.07. The van der Waals surface area contributed by atoms with E-state index in [1.165, 1.54) is 6.07 Å². The van der Waals surface area contributed by atoms with E-state index in [0.29, 0.717) is 16.8 Å². The second-order valence-corrected chi connectivity index (χ2v) is 4.27. The maximum atomic E-state index is 13.5. The Bertz CT molecular complexity index is 593. The molecule has 0 saturated heterocycles. The average Bonchev–Trinajstić information content (AvgIpc) is 2.32. The molecule has 0 spiro atoms. The van der Waals surface area contributed by atoms with Gasteiger partial charge in [0.1, 0.15) is 5.82 Å². The van der Waals surface area contributed by atoms with Crippen LogP contribution in [0.15, 0.2) is 42.5 Å². The van der Waals surface area contributed by atoms with Gasteiger partial charge in [0.2, 0.25) is 0 Å². The monoisotopic (exact) mass is 243 g/mol. The second-order valence-electron chi connectivity index (χ2n) is 4.27. The van der Waals surface area contributed by atoms with Crippen molar-refractivity contribution in [3.05, 3.63) is 65.0 Å². The van der Waals surface area contributed by atoms with Gasteiger partial charge in [-0.1, -0.05) is 18.2 Å². The first-order valence-corrected chi connectivity index (χ1v) is 5.70. The van der Waals surface area contributed by atoms with E-state index in [9.17, 15) is 9.18 Å². The van der Waals surface area contributed by atoms with Gasteiger partial charge in [-0.05, 0) is 42.3 Å². The van der Waals surface area contributed by atoms with Crippen LogP contribution < -0.4 is 5.73 Å². The van der Waals surface area contributed by atoms with Crippen LogP contribution in [0.1, 0.15) is 21.5 Å². The highest BCUT2D eigenvalue weighted by Crippen LogP contribution is 2.16. The molecule has 3 heteroatoms. The van der Waals surface area contributed by atoms with E-state index in [1.807, 2.05) is 6.92 Å². The molecule has 0 amide bonds. The van der Waals surface area contributed by atoms with Crippen LogP contribution in [0.25, 0.3) is 0 Å². The number of halogens is 1. The van der Waals surface area contributed by atoms with Gasteiger partial charge in [-0.2, -0.15) is 0 Å². The third kappa shape index (κ3) is 2.56. The molecule has 0 unspecified atom stereocenters. The number of benzene rings is 2. The smallest absolute Gasteiger partial charge is 0.167 e. The summed E-state index contributed by atoms with van der Waals surface area (Å²) in [6.07, 6.45) is 0.0669. The summed E-state index contributed by atoms with van der Waals surface area (Å²) in [6.45, 7) is 1.82. The van der Waals surface area contributed by atoms with Gasteiger partial charge in [0.15, 0.2) is 5.78 Å². The van der Waals surface area contributed by atoms with Crippen molar-refractivity contribution in [3.8, 4) is 0 Å². The Balaban J connectivity index is 2.25. The molecule has 92 valence electrons. The van der Waals surface area contributed by atoms with Gasteiger partial charge in [-0.3, -0.25) is 4.79 Å². The van der Waals surface area contributed by atoms with Crippen LogP contribution in [0.5, 0.6) is 0 Å².